The molecule has 7 amide bonds. The van der Waals surface area contributed by atoms with E-state index < -0.39 is 63.4 Å². The number of carbonyl (C=O) groups excluding carboxylic acids is 8. The lowest BCUT2D eigenvalue weighted by Crippen LogP contribution is -2.64. The molecule has 5 atom stereocenters. The van der Waals surface area contributed by atoms with Crippen LogP contribution in [-0.4, -0.2) is 158 Å². The van der Waals surface area contributed by atoms with Gasteiger partial charge < -0.3 is 40.3 Å². The number of fused-ring (bicyclic) bond motifs is 2. The van der Waals surface area contributed by atoms with Gasteiger partial charge in [-0.15, -0.1) is 0 Å². The van der Waals surface area contributed by atoms with Gasteiger partial charge in [0.15, 0.2) is 16.6 Å². The Hall–Kier alpha value is -9.25. The number of anilines is 3. The smallest absolute Gasteiger partial charge is 0.408 e. The molecule has 12 rings (SSSR count). The third-order valence-electron chi connectivity index (χ3n) is 20.2. The number of nitrogens with zero attached hydrogens (tertiary/aromatic N) is 7. The van der Waals surface area contributed by atoms with Crippen LogP contribution in [0.15, 0.2) is 97.2 Å². The Morgan fingerprint density at radius 3 is 2.23 bits per heavy atom. The number of ketones is 1. The monoisotopic (exact) mass is 1420 g/mol. The van der Waals surface area contributed by atoms with Crippen LogP contribution in [0.4, 0.5) is 21.4 Å². The number of carbonyl (C=O) groups is 9. The Balaban J connectivity index is 0.658. The number of ether oxygens (including phenoxy) is 2. The molecule has 6 aliphatic rings. The fourth-order valence-electron chi connectivity index (χ4n) is 16.6. The summed E-state index contributed by atoms with van der Waals surface area (Å²) >= 11 is 1.40. The number of aromatic carboxylic acids is 1. The van der Waals surface area contributed by atoms with E-state index in [0.29, 0.717) is 90.6 Å². The van der Waals surface area contributed by atoms with Crippen LogP contribution < -0.4 is 26.2 Å². The number of unbranched alkanes of at least 4 members (excludes halogenated alkanes) is 2. The van der Waals surface area contributed by atoms with Crippen molar-refractivity contribution in [2.24, 2.45) is 28.1 Å². The van der Waals surface area contributed by atoms with Gasteiger partial charge in [-0.25, -0.2) is 19.6 Å². The molecule has 3 aromatic heterocycles. The van der Waals surface area contributed by atoms with E-state index in [-0.39, 0.29) is 96.4 Å². The first-order valence-electron chi connectivity index (χ1n) is 34.2. The molecule has 2 aliphatic heterocycles. The summed E-state index contributed by atoms with van der Waals surface area (Å²) in [5.41, 5.74) is 4.71. The molecular formula is C73H87N11O15S2. The number of aromatic nitrogens is 4. The summed E-state index contributed by atoms with van der Waals surface area (Å²) in [6, 6.07) is 20.7. The van der Waals surface area contributed by atoms with Crippen LogP contribution in [0.1, 0.15) is 148 Å². The Labute approximate surface area is 590 Å². The molecule has 4 bridgehead atoms. The Kier molecular flexibility index (Phi) is 21.5. The van der Waals surface area contributed by atoms with Crippen molar-refractivity contribution < 1.29 is 70.7 Å². The summed E-state index contributed by atoms with van der Waals surface area (Å²) in [5, 5.41) is 27.0. The molecule has 4 saturated carbocycles. The largest absolute Gasteiger partial charge is 0.476 e. The van der Waals surface area contributed by atoms with Crippen molar-refractivity contribution in [3.8, 4) is 11.1 Å². The second-order valence-electron chi connectivity index (χ2n) is 29.2. The van der Waals surface area contributed by atoms with Crippen molar-refractivity contribution in [3.05, 3.63) is 131 Å². The number of nitrogens with one attached hydrogen (secondary N) is 4. The second kappa shape index (κ2) is 29.8. The topological polar surface area (TPSA) is 348 Å². The number of likely N-dealkylation sites (N-methyl/N-ethyl adjacent to an activating group) is 1. The van der Waals surface area contributed by atoms with E-state index in [4.69, 9.17) is 19.6 Å². The number of pyridine rings is 1. The van der Waals surface area contributed by atoms with Gasteiger partial charge >= 0.3 is 12.1 Å². The molecule has 3 aromatic carbocycles. The van der Waals surface area contributed by atoms with Crippen LogP contribution in [0, 0.1) is 35.0 Å². The minimum atomic E-state index is -4.80. The van der Waals surface area contributed by atoms with E-state index in [9.17, 15) is 61.2 Å². The number of para-hydroxylation sites is 1. The first-order chi connectivity index (χ1) is 47.9. The standard InChI is InChI=1S/C73H87N11O15S2/c1-44(2)62(79-59(86)18-9-8-12-28-83-60(87)25-26-61(83)88)56(85)32-45(3)64(89)75-49-21-19-47(20-22-49)35-98-69(94)77-55(36-101(95,96)97)66(91)81(7)30-31-99-73-40-70(5)37-71(6,41-73)39-72(38-70,42-73)43-84-46(4)52(33-74-84)50-23-24-58(78-63(50)67(92)93)82-29-27-48-14-13-15-51(53(48)34-82)65(90)80-68-76-54-16-10-11-17-57(54)100-68/h10-11,13-17,19-26,33,44-45,55,62H,8-9,12,18,27-32,34-43H2,1-7H3,(H,75,89)(H,77,94)(H,79,86)(H,92,93)(H,76,80,90)(H,95,96,97)/t45-,55+,62+,70?,71?,72?,73?/m1/s1. The number of carboxylic acid groups (broad SMARTS) is 1. The van der Waals surface area contributed by atoms with Crippen LogP contribution in [0.5, 0.6) is 0 Å². The second-order valence-corrected chi connectivity index (χ2v) is 31.8. The van der Waals surface area contributed by atoms with Gasteiger partial charge in [0.05, 0.1) is 34.7 Å². The number of Topliss-reactive ketones (excluding diaryl/α,β-unsaturated/α-hetero) is 1. The lowest BCUT2D eigenvalue weighted by Gasteiger charge is -2.69. The highest BCUT2D eigenvalue weighted by atomic mass is 32.2. The van der Waals surface area contributed by atoms with Gasteiger partial charge in [-0.3, -0.25) is 53.0 Å². The van der Waals surface area contributed by atoms with Crippen LogP contribution in [-0.2, 0) is 74.5 Å². The maximum atomic E-state index is 14.0. The maximum Gasteiger partial charge on any atom is 0.408 e. The first-order valence-corrected chi connectivity index (χ1v) is 36.6. The number of carboxylic acids is 1. The molecule has 536 valence electrons. The fourth-order valence-corrected chi connectivity index (χ4v) is 18.1. The number of hydrogen-bond donors (Lipinski definition) is 6. The zero-order chi connectivity index (χ0) is 72.3. The zero-order valence-electron chi connectivity index (χ0n) is 57.8. The molecule has 0 saturated heterocycles. The molecule has 4 aliphatic carbocycles. The average molecular weight is 1420 g/mol. The van der Waals surface area contributed by atoms with Gasteiger partial charge in [-0.1, -0.05) is 88.8 Å². The number of amides is 7. The predicted molar refractivity (Wildman–Crippen MR) is 377 cm³/mol. The normalized spacial score (nSPS) is 21.5. The molecule has 4 fully saturated rings. The quantitative estimate of drug-likeness (QED) is 0.0139. The summed E-state index contributed by atoms with van der Waals surface area (Å²) in [6.07, 6.45) is 10.3. The molecule has 6 aromatic rings. The first kappa shape index (κ1) is 73.0. The highest BCUT2D eigenvalue weighted by Gasteiger charge is 2.66. The van der Waals surface area contributed by atoms with Gasteiger partial charge in [0, 0.05) is 98.8 Å². The summed E-state index contributed by atoms with van der Waals surface area (Å²) < 4.78 is 49.7. The summed E-state index contributed by atoms with van der Waals surface area (Å²) in [5.74, 6) is -5.78. The van der Waals surface area contributed by atoms with Crippen LogP contribution in [0.25, 0.3) is 21.3 Å². The Morgan fingerprint density at radius 1 is 0.812 bits per heavy atom. The van der Waals surface area contributed by atoms with Crippen LogP contribution >= 0.6 is 11.3 Å². The lowest BCUT2D eigenvalue weighted by atomic mass is 9.39. The van der Waals surface area contributed by atoms with E-state index in [1.165, 1.54) is 35.4 Å². The van der Waals surface area contributed by atoms with E-state index >= 15 is 0 Å². The van der Waals surface area contributed by atoms with E-state index in [1.54, 1.807) is 63.4 Å². The summed E-state index contributed by atoms with van der Waals surface area (Å²) in [4.78, 5) is 131. The number of imide groups is 1. The SMILES string of the molecule is Cc1c(-c2ccc(N3CCc4cccc(C(=O)Nc5nc6ccccc6s5)c4C3)nc2C(=O)O)cnn1CC12CC3(C)CC(C)(C1)CC(OCCN(C)C(=O)[C@H](CS(=O)(=O)O)NC(=O)OCc1ccc(NC(=O)[C@H](C)CC(=O)[C@@H](NC(=O)CCCCCN4C(=O)C=CC4=O)C(C)C)cc1)(C3)C2. The number of thiazole rings is 1. The number of hydrogen-bond acceptors (Lipinski definition) is 18. The van der Waals surface area contributed by atoms with Crippen LogP contribution in [0.2, 0.25) is 0 Å². The van der Waals surface area contributed by atoms with E-state index in [2.05, 4.69) is 40.1 Å². The third kappa shape index (κ3) is 17.2. The minimum absolute atomic E-state index is 0.0150. The van der Waals surface area contributed by atoms with Crippen molar-refractivity contribution >= 4 is 102 Å². The number of alkyl carbamates (subject to hydrolysis) is 1. The molecule has 28 heteroatoms. The third-order valence-corrected chi connectivity index (χ3v) is 21.9. The molecule has 2 unspecified atom stereocenters. The fraction of sp³-hybridized carbons (Fsp3) is 0.479. The zero-order valence-corrected chi connectivity index (χ0v) is 59.5. The minimum Gasteiger partial charge on any atom is -0.476 e. The van der Waals surface area contributed by atoms with Crippen LogP contribution in [0.3, 0.4) is 0 Å². The molecule has 26 nitrogen and oxygen atoms in total. The molecule has 6 N–H and O–H groups in total. The molecule has 0 radical (unpaired) electrons. The van der Waals surface area contributed by atoms with Crippen molar-refractivity contribution in [2.45, 2.75) is 156 Å². The molecule has 101 heavy (non-hydrogen) atoms. The predicted octanol–water partition coefficient (Wildman–Crippen LogP) is 9.31. The van der Waals surface area contributed by atoms with Gasteiger partial charge in [-0.2, -0.15) is 13.5 Å². The summed E-state index contributed by atoms with van der Waals surface area (Å²) in [7, 11) is -3.35. The van der Waals surface area contributed by atoms with E-state index in [1.807, 2.05) is 59.0 Å². The highest BCUT2D eigenvalue weighted by Crippen LogP contribution is 2.72. The van der Waals surface area contributed by atoms with Crippen molar-refractivity contribution in [1.29, 1.82) is 0 Å². The highest BCUT2D eigenvalue weighted by molar-refractivity contribution is 7.85. The Bertz CT molecular complexity index is 4310. The van der Waals surface area contributed by atoms with Crippen molar-refractivity contribution in [2.75, 3.05) is 54.6 Å². The Morgan fingerprint density at radius 2 is 1.53 bits per heavy atom. The van der Waals surface area contributed by atoms with Gasteiger partial charge in [0.25, 0.3) is 27.8 Å². The molecule has 5 heterocycles. The summed E-state index contributed by atoms with van der Waals surface area (Å²) in [6.45, 7) is 13.2. The molecule has 0 spiro atoms. The number of rotatable bonds is 30. The van der Waals surface area contributed by atoms with Gasteiger partial charge in [-0.05, 0) is 146 Å². The van der Waals surface area contributed by atoms with Crippen molar-refractivity contribution in [3.63, 3.8) is 0 Å². The average Bonchev–Trinajstić information content (AvgIpc) is 0.922. The van der Waals surface area contributed by atoms with Crippen molar-refractivity contribution in [1.82, 2.24) is 40.2 Å². The van der Waals surface area contributed by atoms with E-state index in [0.717, 1.165) is 64.0 Å². The van der Waals surface area contributed by atoms with Gasteiger partial charge in [0.2, 0.25) is 17.7 Å². The van der Waals surface area contributed by atoms with Gasteiger partial charge in [0.1, 0.15) is 24.2 Å². The maximum absolute atomic E-state index is 14.0. The molecular weight excluding hydrogens is 1330 g/mol. The number of benzene rings is 3. The lowest BCUT2D eigenvalue weighted by molar-refractivity contribution is -0.248.